The van der Waals surface area contributed by atoms with Crippen LogP contribution in [0.1, 0.15) is 0 Å². The predicted molar refractivity (Wildman–Crippen MR) is 43.6 cm³/mol. The molecule has 0 spiro atoms. The van der Waals surface area contributed by atoms with Crippen LogP contribution in [0, 0.1) is 0 Å². The molecule has 0 aromatic heterocycles. The van der Waals surface area contributed by atoms with E-state index in [0.29, 0.717) is 6.21 Å². The largest absolute Gasteiger partial charge is 0.339 e. The Morgan fingerprint density at radius 1 is 1.30 bits per heavy atom. The fourth-order valence-corrected chi connectivity index (χ4v) is 0.846. The summed E-state index contributed by atoms with van der Waals surface area (Å²) in [6.45, 7) is 0. The van der Waals surface area contributed by atoms with E-state index in [1.807, 2.05) is 0 Å². The first-order valence-electron chi connectivity index (χ1n) is 1.78. The van der Waals surface area contributed by atoms with Crippen molar-refractivity contribution in [1.82, 2.24) is 0 Å². The zero-order valence-corrected chi connectivity index (χ0v) is 8.10. The Bertz CT molecular complexity index is 226. The third kappa shape index (κ3) is 8.78. The summed E-state index contributed by atoms with van der Waals surface area (Å²) in [7, 11) is 0.669. The van der Waals surface area contributed by atoms with E-state index in [0.717, 1.165) is 0 Å². The third-order valence-electron chi connectivity index (χ3n) is 0.325. The molecule has 8 heteroatoms. The van der Waals surface area contributed by atoms with E-state index in [1.165, 1.54) is 0 Å². The molecule has 0 aliphatic rings. The van der Waals surface area contributed by atoms with Gasteiger partial charge in [-0.2, -0.15) is 12.8 Å². The summed E-state index contributed by atoms with van der Waals surface area (Å²) in [6.07, 6.45) is 0.597. The zero-order valence-electron chi connectivity index (χ0n) is 4.26. The summed E-state index contributed by atoms with van der Waals surface area (Å²) in [5.74, 6) is 0. The summed E-state index contributed by atoms with van der Waals surface area (Å²) in [4.78, 5) is 0. The molecule has 0 aliphatic carbocycles. The van der Waals surface area contributed by atoms with Crippen molar-refractivity contribution in [2.45, 2.75) is 3.79 Å². The molecule has 0 aromatic rings. The maximum Gasteiger partial charge on any atom is 0.339 e. The second-order valence-corrected chi connectivity index (χ2v) is 5.76. The number of nitrogens with zero attached hydrogens (tertiary/aromatic N) is 1. The number of hydrogen-bond donors (Lipinski definition) is 0. The fraction of sp³-hybridized carbons (Fsp3) is 0.500. The van der Waals surface area contributed by atoms with Crippen molar-refractivity contribution in [1.29, 1.82) is 0 Å². The van der Waals surface area contributed by atoms with E-state index in [2.05, 4.69) is 15.1 Å². The molecule has 0 N–H and O–H groups in total. The van der Waals surface area contributed by atoms with Crippen molar-refractivity contribution < 1.29 is 8.42 Å². The van der Waals surface area contributed by atoms with Gasteiger partial charge in [0.1, 0.15) is 0 Å². The summed E-state index contributed by atoms with van der Waals surface area (Å²) in [6, 6.07) is 0. The Morgan fingerprint density at radius 3 is 1.80 bits per heavy atom. The minimum atomic E-state index is -3.97. The van der Waals surface area contributed by atoms with Crippen LogP contribution < -0.4 is 0 Å². The van der Waals surface area contributed by atoms with Crippen molar-refractivity contribution in [3.05, 3.63) is 0 Å². The van der Waals surface area contributed by atoms with Gasteiger partial charge in [-0.05, 0) is 0 Å². The monoisotopic (exact) mass is 243 g/mol. The molecule has 0 saturated carbocycles. The van der Waals surface area contributed by atoms with Gasteiger partial charge in [-0.3, -0.25) is 0 Å². The fourth-order valence-electron chi connectivity index (χ4n) is 0.123. The molecule has 0 atom stereocenters. The molecule has 0 aromatic carbocycles. The molecule has 0 amide bonds. The first-order chi connectivity index (χ1) is 4.21. The summed E-state index contributed by atoms with van der Waals surface area (Å²) in [5.41, 5.74) is 0. The standard InChI is InChI=1S/C2HCl4NO2S/c3-2(4,5)1-7-10(6,8)9/h1H/b7-1+. The summed E-state index contributed by atoms with van der Waals surface area (Å²) >= 11 is 15.3. The minimum Gasteiger partial charge on any atom is -0.187 e. The van der Waals surface area contributed by atoms with Gasteiger partial charge < -0.3 is 0 Å². The van der Waals surface area contributed by atoms with E-state index in [-0.39, 0.29) is 0 Å². The summed E-state index contributed by atoms with van der Waals surface area (Å²) in [5, 5.41) is 0. The van der Waals surface area contributed by atoms with E-state index < -0.39 is 13.0 Å². The quantitative estimate of drug-likeness (QED) is 0.402. The van der Waals surface area contributed by atoms with E-state index in [4.69, 9.17) is 34.8 Å². The molecule has 0 radical (unpaired) electrons. The van der Waals surface area contributed by atoms with Gasteiger partial charge in [0, 0.05) is 10.7 Å². The molecule has 3 nitrogen and oxygen atoms in total. The highest BCUT2D eigenvalue weighted by molar-refractivity contribution is 8.12. The van der Waals surface area contributed by atoms with Gasteiger partial charge in [0.25, 0.3) is 0 Å². The lowest BCUT2D eigenvalue weighted by Gasteiger charge is -1.98. The third-order valence-corrected chi connectivity index (χ3v) is 1.21. The Labute approximate surface area is 77.5 Å². The lowest BCUT2D eigenvalue weighted by molar-refractivity contribution is 0.611. The molecule has 0 unspecified atom stereocenters. The number of rotatable bonds is 1. The average Bonchev–Trinajstić information content (AvgIpc) is 1.57. The molecule has 0 saturated heterocycles. The average molecular weight is 245 g/mol. The molecular formula is C2HCl4NO2S. The second kappa shape index (κ2) is 3.45. The second-order valence-electron chi connectivity index (χ2n) is 1.19. The Hall–Kier alpha value is 0.780. The van der Waals surface area contributed by atoms with Crippen LogP contribution >= 0.6 is 45.5 Å². The van der Waals surface area contributed by atoms with Crippen LogP contribution in [0.4, 0.5) is 0 Å². The predicted octanol–water partition coefficient (Wildman–Crippen LogP) is 1.91. The number of hydrogen-bond acceptors (Lipinski definition) is 2. The number of halogens is 4. The van der Waals surface area contributed by atoms with Gasteiger partial charge in [-0.25, -0.2) is 0 Å². The smallest absolute Gasteiger partial charge is 0.187 e. The first kappa shape index (κ1) is 10.8. The van der Waals surface area contributed by atoms with Crippen LogP contribution in [0.25, 0.3) is 0 Å². The molecular weight excluding hydrogens is 244 g/mol. The molecule has 0 fully saturated rings. The minimum absolute atomic E-state index is 0.597. The summed E-state index contributed by atoms with van der Waals surface area (Å²) < 4.78 is 21.1. The van der Waals surface area contributed by atoms with E-state index in [1.54, 1.807) is 0 Å². The van der Waals surface area contributed by atoms with Crippen LogP contribution in [0.3, 0.4) is 0 Å². The zero-order chi connectivity index (χ0) is 8.41. The van der Waals surface area contributed by atoms with Crippen LogP contribution in [0.15, 0.2) is 4.40 Å². The van der Waals surface area contributed by atoms with Crippen molar-refractivity contribution in [3.63, 3.8) is 0 Å². The van der Waals surface area contributed by atoms with Gasteiger partial charge in [0.05, 0.1) is 6.21 Å². The van der Waals surface area contributed by atoms with Crippen molar-refractivity contribution in [2.24, 2.45) is 4.40 Å². The molecule has 0 heterocycles. The van der Waals surface area contributed by atoms with Gasteiger partial charge in [-0.15, -0.1) is 0 Å². The maximum atomic E-state index is 10.1. The van der Waals surface area contributed by atoms with Crippen LogP contribution in [0.2, 0.25) is 0 Å². The van der Waals surface area contributed by atoms with Crippen LogP contribution in [-0.2, 0) is 9.24 Å². The Kier molecular flexibility index (Phi) is 3.72. The van der Waals surface area contributed by atoms with Crippen molar-refractivity contribution >= 4 is 60.9 Å². The maximum absolute atomic E-state index is 10.1. The molecule has 0 aliphatic heterocycles. The Balaban J connectivity index is 4.31. The van der Waals surface area contributed by atoms with Crippen molar-refractivity contribution in [3.8, 4) is 0 Å². The highest BCUT2D eigenvalue weighted by Crippen LogP contribution is 2.23. The topological polar surface area (TPSA) is 46.5 Å². The van der Waals surface area contributed by atoms with Crippen LogP contribution in [-0.4, -0.2) is 18.4 Å². The van der Waals surface area contributed by atoms with Gasteiger partial charge in [0.15, 0.2) is 0 Å². The van der Waals surface area contributed by atoms with Crippen LogP contribution in [0.5, 0.6) is 0 Å². The number of alkyl halides is 3. The van der Waals surface area contributed by atoms with Gasteiger partial charge >= 0.3 is 9.24 Å². The SMILES string of the molecule is O=S(=O)(Cl)/N=C/C(Cl)(Cl)Cl. The van der Waals surface area contributed by atoms with E-state index >= 15 is 0 Å². The molecule has 0 bridgehead atoms. The van der Waals surface area contributed by atoms with Crippen molar-refractivity contribution in [2.75, 3.05) is 0 Å². The highest BCUT2D eigenvalue weighted by atomic mass is 35.7. The Morgan fingerprint density at radius 2 is 1.70 bits per heavy atom. The highest BCUT2D eigenvalue weighted by Gasteiger charge is 2.16. The molecule has 60 valence electrons. The first-order valence-corrected chi connectivity index (χ1v) is 5.18. The lowest BCUT2D eigenvalue weighted by atomic mass is 10.9. The normalized spacial score (nSPS) is 14.4. The molecule has 0 rings (SSSR count). The van der Waals surface area contributed by atoms with Gasteiger partial charge in [-0.1, -0.05) is 34.8 Å². The molecule has 10 heavy (non-hydrogen) atoms. The van der Waals surface area contributed by atoms with Gasteiger partial charge in [0.2, 0.25) is 3.79 Å². The lowest BCUT2D eigenvalue weighted by Crippen LogP contribution is -2.03. The van der Waals surface area contributed by atoms with E-state index in [9.17, 15) is 8.42 Å².